The van der Waals surface area contributed by atoms with Crippen molar-refractivity contribution < 1.29 is 0 Å². The van der Waals surface area contributed by atoms with Crippen molar-refractivity contribution >= 4 is 0 Å². The summed E-state index contributed by atoms with van der Waals surface area (Å²) in [6.45, 7) is 5.56. The second-order valence-electron chi connectivity index (χ2n) is 4.68. The van der Waals surface area contributed by atoms with Crippen LogP contribution in [-0.4, -0.2) is 6.54 Å². The van der Waals surface area contributed by atoms with Crippen LogP contribution in [0, 0.1) is 17.8 Å². The Bertz CT molecular complexity index is 127. The zero-order chi connectivity index (χ0) is 9.68. The first-order valence-electron chi connectivity index (χ1n) is 5.99. The molecule has 0 aromatic heterocycles. The summed E-state index contributed by atoms with van der Waals surface area (Å²) < 4.78 is 0. The van der Waals surface area contributed by atoms with Crippen LogP contribution in [0.15, 0.2) is 0 Å². The van der Waals surface area contributed by atoms with E-state index in [0.717, 1.165) is 24.3 Å². The van der Waals surface area contributed by atoms with E-state index >= 15 is 0 Å². The minimum absolute atomic E-state index is 0.797. The van der Waals surface area contributed by atoms with Crippen LogP contribution in [-0.2, 0) is 0 Å². The average Bonchev–Trinajstić information content (AvgIpc) is 2.20. The monoisotopic (exact) mass is 183 g/mol. The van der Waals surface area contributed by atoms with Gasteiger partial charge in [-0.2, -0.15) is 0 Å². The maximum absolute atomic E-state index is 5.88. The van der Waals surface area contributed by atoms with Gasteiger partial charge in [0.05, 0.1) is 0 Å². The minimum atomic E-state index is 0.797. The van der Waals surface area contributed by atoms with Crippen molar-refractivity contribution in [1.29, 1.82) is 0 Å². The van der Waals surface area contributed by atoms with Crippen LogP contribution in [0.25, 0.3) is 0 Å². The standard InChI is InChI=1S/C12H25N/c1-3-10(2)12(9-13)11-7-5-4-6-8-11/h10-12H,3-9,13H2,1-2H3/t10?,12-/m0/s1. The Morgan fingerprint density at radius 3 is 2.31 bits per heavy atom. The van der Waals surface area contributed by atoms with E-state index in [9.17, 15) is 0 Å². The quantitative estimate of drug-likeness (QED) is 0.711. The molecule has 1 aliphatic carbocycles. The number of hydrogen-bond acceptors (Lipinski definition) is 1. The zero-order valence-electron chi connectivity index (χ0n) is 9.26. The fourth-order valence-corrected chi connectivity index (χ4v) is 2.75. The molecule has 13 heavy (non-hydrogen) atoms. The van der Waals surface area contributed by atoms with Crippen molar-refractivity contribution in [1.82, 2.24) is 0 Å². The molecule has 1 unspecified atom stereocenters. The number of nitrogens with two attached hydrogens (primary N) is 1. The predicted octanol–water partition coefficient (Wildman–Crippen LogP) is 3.19. The van der Waals surface area contributed by atoms with Gasteiger partial charge in [0.15, 0.2) is 0 Å². The lowest BCUT2D eigenvalue weighted by Crippen LogP contribution is -2.30. The highest BCUT2D eigenvalue weighted by Crippen LogP contribution is 2.34. The maximum atomic E-state index is 5.88. The fourth-order valence-electron chi connectivity index (χ4n) is 2.75. The Hall–Kier alpha value is -0.0400. The van der Waals surface area contributed by atoms with Gasteiger partial charge < -0.3 is 5.73 Å². The van der Waals surface area contributed by atoms with E-state index in [1.165, 1.54) is 38.5 Å². The summed E-state index contributed by atoms with van der Waals surface area (Å²) in [6, 6.07) is 0. The van der Waals surface area contributed by atoms with Crippen molar-refractivity contribution in [2.75, 3.05) is 6.54 Å². The van der Waals surface area contributed by atoms with Gasteiger partial charge in [-0.3, -0.25) is 0 Å². The van der Waals surface area contributed by atoms with Crippen LogP contribution in [0.2, 0.25) is 0 Å². The van der Waals surface area contributed by atoms with Gasteiger partial charge in [-0.05, 0) is 24.3 Å². The molecule has 2 N–H and O–H groups in total. The Labute approximate surface area is 83.1 Å². The predicted molar refractivity (Wildman–Crippen MR) is 58.6 cm³/mol. The van der Waals surface area contributed by atoms with Crippen LogP contribution in [0.4, 0.5) is 0 Å². The van der Waals surface area contributed by atoms with E-state index in [-0.39, 0.29) is 0 Å². The molecule has 0 spiro atoms. The second kappa shape index (κ2) is 5.64. The Balaban J connectivity index is 2.43. The summed E-state index contributed by atoms with van der Waals surface area (Å²) in [7, 11) is 0. The van der Waals surface area contributed by atoms with E-state index in [2.05, 4.69) is 13.8 Å². The van der Waals surface area contributed by atoms with E-state index < -0.39 is 0 Å². The Morgan fingerprint density at radius 2 is 1.85 bits per heavy atom. The van der Waals surface area contributed by atoms with Gasteiger partial charge in [-0.15, -0.1) is 0 Å². The first kappa shape index (κ1) is 11.0. The molecule has 1 heteroatoms. The summed E-state index contributed by atoms with van der Waals surface area (Å²) in [5, 5.41) is 0. The summed E-state index contributed by atoms with van der Waals surface area (Å²) in [4.78, 5) is 0. The fraction of sp³-hybridized carbons (Fsp3) is 1.00. The molecule has 1 fully saturated rings. The third-order valence-corrected chi connectivity index (χ3v) is 3.90. The molecule has 0 amide bonds. The van der Waals surface area contributed by atoms with Gasteiger partial charge in [0.1, 0.15) is 0 Å². The van der Waals surface area contributed by atoms with Gasteiger partial charge in [-0.25, -0.2) is 0 Å². The van der Waals surface area contributed by atoms with Crippen LogP contribution < -0.4 is 5.73 Å². The molecule has 1 saturated carbocycles. The van der Waals surface area contributed by atoms with Gasteiger partial charge >= 0.3 is 0 Å². The average molecular weight is 183 g/mol. The first-order chi connectivity index (χ1) is 6.29. The van der Waals surface area contributed by atoms with Crippen LogP contribution in [0.3, 0.4) is 0 Å². The Kier molecular flexibility index (Phi) is 4.79. The molecule has 0 heterocycles. The lowest BCUT2D eigenvalue weighted by atomic mass is 9.74. The van der Waals surface area contributed by atoms with Crippen molar-refractivity contribution in [2.24, 2.45) is 23.5 Å². The minimum Gasteiger partial charge on any atom is -0.330 e. The second-order valence-corrected chi connectivity index (χ2v) is 4.68. The van der Waals surface area contributed by atoms with Gasteiger partial charge in [0.2, 0.25) is 0 Å². The highest BCUT2D eigenvalue weighted by atomic mass is 14.6. The smallest absolute Gasteiger partial charge is 0.00437 e. The normalized spacial score (nSPS) is 24.2. The van der Waals surface area contributed by atoms with E-state index in [0.29, 0.717) is 0 Å². The molecule has 1 rings (SSSR count). The van der Waals surface area contributed by atoms with Crippen LogP contribution in [0.1, 0.15) is 52.4 Å². The molecular weight excluding hydrogens is 158 g/mol. The highest BCUT2D eigenvalue weighted by molar-refractivity contribution is 4.77. The van der Waals surface area contributed by atoms with Crippen LogP contribution >= 0.6 is 0 Å². The molecule has 0 aliphatic heterocycles. The Morgan fingerprint density at radius 1 is 1.23 bits per heavy atom. The topological polar surface area (TPSA) is 26.0 Å². The molecule has 0 bridgehead atoms. The third kappa shape index (κ3) is 2.98. The molecule has 0 aromatic carbocycles. The van der Waals surface area contributed by atoms with Gasteiger partial charge in [-0.1, -0.05) is 52.4 Å². The van der Waals surface area contributed by atoms with Gasteiger partial charge in [0, 0.05) is 0 Å². The van der Waals surface area contributed by atoms with E-state index in [1.807, 2.05) is 0 Å². The van der Waals surface area contributed by atoms with Crippen molar-refractivity contribution in [3.8, 4) is 0 Å². The van der Waals surface area contributed by atoms with E-state index in [4.69, 9.17) is 5.73 Å². The SMILES string of the molecule is CCC(C)[C@H](CN)C1CCCCC1. The lowest BCUT2D eigenvalue weighted by Gasteiger charge is -2.33. The summed E-state index contributed by atoms with van der Waals surface area (Å²) in [5.41, 5.74) is 5.88. The third-order valence-electron chi connectivity index (χ3n) is 3.90. The first-order valence-corrected chi connectivity index (χ1v) is 5.99. The molecule has 78 valence electrons. The van der Waals surface area contributed by atoms with E-state index in [1.54, 1.807) is 0 Å². The maximum Gasteiger partial charge on any atom is -0.00437 e. The van der Waals surface area contributed by atoms with Crippen molar-refractivity contribution in [2.45, 2.75) is 52.4 Å². The summed E-state index contributed by atoms with van der Waals surface area (Å²) >= 11 is 0. The van der Waals surface area contributed by atoms with Gasteiger partial charge in [0.25, 0.3) is 0 Å². The van der Waals surface area contributed by atoms with Crippen LogP contribution in [0.5, 0.6) is 0 Å². The molecular formula is C12H25N. The lowest BCUT2D eigenvalue weighted by molar-refractivity contribution is 0.189. The molecule has 0 radical (unpaired) electrons. The number of hydrogen-bond donors (Lipinski definition) is 1. The molecule has 0 saturated heterocycles. The largest absolute Gasteiger partial charge is 0.330 e. The van der Waals surface area contributed by atoms with Crippen molar-refractivity contribution in [3.63, 3.8) is 0 Å². The molecule has 0 aromatic rings. The molecule has 1 nitrogen and oxygen atoms in total. The molecule has 1 aliphatic rings. The summed E-state index contributed by atoms with van der Waals surface area (Å²) in [6.07, 6.45) is 8.50. The van der Waals surface area contributed by atoms with Crippen molar-refractivity contribution in [3.05, 3.63) is 0 Å². The number of rotatable bonds is 4. The highest BCUT2D eigenvalue weighted by Gasteiger charge is 2.25. The summed E-state index contributed by atoms with van der Waals surface area (Å²) in [5.74, 6) is 2.56. The zero-order valence-corrected chi connectivity index (χ0v) is 9.26. The molecule has 2 atom stereocenters.